The molecule has 2 aromatic heterocycles. The number of aromatic nitrogens is 5. The molecule has 0 unspecified atom stereocenters. The molecule has 100 valence electrons. The molecule has 7 nitrogen and oxygen atoms in total. The Balaban J connectivity index is 2.06. The Morgan fingerprint density at radius 1 is 1.20 bits per heavy atom. The van der Waals surface area contributed by atoms with E-state index in [0.29, 0.717) is 17.1 Å². The fourth-order valence-electron chi connectivity index (χ4n) is 1.91. The molecule has 1 aromatic carbocycles. The average molecular weight is 268 g/mol. The van der Waals surface area contributed by atoms with E-state index in [1.54, 1.807) is 7.05 Å². The van der Waals surface area contributed by atoms with Gasteiger partial charge in [-0.15, -0.1) is 5.10 Å². The summed E-state index contributed by atoms with van der Waals surface area (Å²) in [6.07, 6.45) is 2.86. The minimum absolute atomic E-state index is 0.260. The molecule has 3 rings (SSSR count). The highest BCUT2D eigenvalue weighted by Crippen LogP contribution is 2.17. The second-order valence-corrected chi connectivity index (χ2v) is 4.26. The quantitative estimate of drug-likeness (QED) is 0.710. The van der Waals surface area contributed by atoms with Crippen LogP contribution >= 0.6 is 0 Å². The van der Waals surface area contributed by atoms with Gasteiger partial charge in [0.1, 0.15) is 11.5 Å². The number of hydrogen-bond acceptors (Lipinski definition) is 5. The first-order valence-corrected chi connectivity index (χ1v) is 5.97. The highest BCUT2D eigenvalue weighted by molar-refractivity contribution is 6.10. The van der Waals surface area contributed by atoms with Crippen molar-refractivity contribution in [3.63, 3.8) is 0 Å². The van der Waals surface area contributed by atoms with Gasteiger partial charge in [-0.05, 0) is 12.1 Å². The predicted molar refractivity (Wildman–Crippen MR) is 72.4 cm³/mol. The summed E-state index contributed by atoms with van der Waals surface area (Å²) in [5.41, 5.74) is 7.27. The van der Waals surface area contributed by atoms with E-state index in [-0.39, 0.29) is 5.78 Å². The number of hydrogen-bond donors (Lipinski definition) is 1. The summed E-state index contributed by atoms with van der Waals surface area (Å²) >= 11 is 0. The number of benzene rings is 1. The minimum atomic E-state index is -0.260. The zero-order chi connectivity index (χ0) is 14.1. The fraction of sp³-hybridized carbons (Fsp3) is 0.0769. The third-order valence-electron chi connectivity index (χ3n) is 3.01. The molecule has 0 saturated carbocycles. The molecule has 0 fully saturated rings. The molecule has 2 heterocycles. The zero-order valence-electron chi connectivity index (χ0n) is 10.8. The smallest absolute Gasteiger partial charge is 0.218 e. The van der Waals surface area contributed by atoms with Crippen LogP contribution in [0.2, 0.25) is 0 Å². The van der Waals surface area contributed by atoms with Crippen molar-refractivity contribution in [2.75, 3.05) is 5.73 Å². The third-order valence-corrected chi connectivity index (χ3v) is 3.01. The van der Waals surface area contributed by atoms with E-state index in [1.807, 2.05) is 30.3 Å². The van der Waals surface area contributed by atoms with Crippen molar-refractivity contribution in [2.45, 2.75) is 0 Å². The van der Waals surface area contributed by atoms with Crippen LogP contribution in [0.15, 0.2) is 42.7 Å². The number of nitrogens with zero attached hydrogens (tertiary/aromatic N) is 5. The lowest BCUT2D eigenvalue weighted by molar-refractivity contribution is 0.103. The molecule has 0 aliphatic carbocycles. The van der Waals surface area contributed by atoms with Crippen LogP contribution in [0.3, 0.4) is 0 Å². The molecule has 0 aliphatic heterocycles. The van der Waals surface area contributed by atoms with Gasteiger partial charge in [0.25, 0.3) is 0 Å². The van der Waals surface area contributed by atoms with Gasteiger partial charge in [0.05, 0.1) is 23.6 Å². The third kappa shape index (κ3) is 1.85. The fourth-order valence-corrected chi connectivity index (χ4v) is 1.91. The maximum atomic E-state index is 12.5. The van der Waals surface area contributed by atoms with Crippen LogP contribution < -0.4 is 5.73 Å². The summed E-state index contributed by atoms with van der Waals surface area (Å²) in [7, 11) is 1.68. The molecule has 0 amide bonds. The number of nitrogens with two attached hydrogens (primary N) is 1. The van der Waals surface area contributed by atoms with Crippen molar-refractivity contribution in [2.24, 2.45) is 7.05 Å². The Kier molecular flexibility index (Phi) is 2.79. The van der Waals surface area contributed by atoms with Gasteiger partial charge in [0.15, 0.2) is 0 Å². The van der Waals surface area contributed by atoms with E-state index in [0.717, 1.165) is 5.69 Å². The van der Waals surface area contributed by atoms with Crippen LogP contribution in [0.1, 0.15) is 16.1 Å². The van der Waals surface area contributed by atoms with Gasteiger partial charge >= 0.3 is 0 Å². The molecule has 20 heavy (non-hydrogen) atoms. The first-order valence-electron chi connectivity index (χ1n) is 5.97. The zero-order valence-corrected chi connectivity index (χ0v) is 10.8. The van der Waals surface area contributed by atoms with Gasteiger partial charge in [-0.1, -0.05) is 23.4 Å². The summed E-state index contributed by atoms with van der Waals surface area (Å²) in [6, 6.07) is 9.31. The average Bonchev–Trinajstić information content (AvgIpc) is 3.08. The standard InChI is InChI=1S/C13H12N6O/c1-18-13(14)10(7-16-18)12(20)11-8-15-17-19(11)9-5-3-2-4-6-9/h2-8H,14H2,1H3. The topological polar surface area (TPSA) is 91.6 Å². The SMILES string of the molecule is Cn1ncc(C(=O)c2cnnn2-c2ccccc2)c1N. The number of carbonyl (C=O) groups is 1. The predicted octanol–water partition coefficient (Wildman–Crippen LogP) is 0.814. The van der Waals surface area contributed by atoms with Crippen LogP contribution in [0.4, 0.5) is 5.82 Å². The largest absolute Gasteiger partial charge is 0.383 e. The van der Waals surface area contributed by atoms with Crippen molar-refractivity contribution in [3.8, 4) is 5.69 Å². The van der Waals surface area contributed by atoms with E-state index >= 15 is 0 Å². The summed E-state index contributed by atoms with van der Waals surface area (Å²) in [5, 5.41) is 11.7. The Bertz CT molecular complexity index is 758. The van der Waals surface area contributed by atoms with Crippen LogP contribution in [0.5, 0.6) is 0 Å². The molecular formula is C13H12N6O. The lowest BCUT2D eigenvalue weighted by atomic mass is 10.1. The summed E-state index contributed by atoms with van der Waals surface area (Å²) in [6.45, 7) is 0. The Morgan fingerprint density at radius 2 is 1.95 bits per heavy atom. The van der Waals surface area contributed by atoms with E-state index in [9.17, 15) is 4.79 Å². The Hall–Kier alpha value is -2.96. The lowest BCUT2D eigenvalue weighted by Gasteiger charge is -2.04. The second kappa shape index (κ2) is 4.61. The lowest BCUT2D eigenvalue weighted by Crippen LogP contribution is -2.11. The van der Waals surface area contributed by atoms with Crippen LogP contribution in [0.25, 0.3) is 5.69 Å². The van der Waals surface area contributed by atoms with Gasteiger partial charge in [0.2, 0.25) is 5.78 Å². The van der Waals surface area contributed by atoms with Gasteiger partial charge in [-0.3, -0.25) is 9.48 Å². The van der Waals surface area contributed by atoms with Gasteiger partial charge in [-0.2, -0.15) is 5.10 Å². The Morgan fingerprint density at radius 3 is 2.60 bits per heavy atom. The van der Waals surface area contributed by atoms with Gasteiger partial charge in [0, 0.05) is 7.05 Å². The summed E-state index contributed by atoms with van der Waals surface area (Å²) < 4.78 is 2.93. The number of rotatable bonds is 3. The van der Waals surface area contributed by atoms with Crippen LogP contribution in [0, 0.1) is 0 Å². The van der Waals surface area contributed by atoms with E-state index in [1.165, 1.54) is 21.8 Å². The molecule has 0 radical (unpaired) electrons. The van der Waals surface area contributed by atoms with Crippen molar-refractivity contribution < 1.29 is 4.79 Å². The maximum Gasteiger partial charge on any atom is 0.218 e. The van der Waals surface area contributed by atoms with E-state index < -0.39 is 0 Å². The molecule has 0 saturated heterocycles. The normalized spacial score (nSPS) is 10.7. The maximum absolute atomic E-state index is 12.5. The second-order valence-electron chi connectivity index (χ2n) is 4.26. The van der Waals surface area contributed by atoms with Crippen molar-refractivity contribution in [1.82, 2.24) is 24.8 Å². The number of para-hydroxylation sites is 1. The van der Waals surface area contributed by atoms with E-state index in [2.05, 4.69) is 15.4 Å². The molecule has 3 aromatic rings. The molecule has 0 bridgehead atoms. The van der Waals surface area contributed by atoms with Gasteiger partial charge < -0.3 is 5.73 Å². The first kappa shape index (κ1) is 12.1. The van der Waals surface area contributed by atoms with Crippen molar-refractivity contribution >= 4 is 11.6 Å². The van der Waals surface area contributed by atoms with Crippen molar-refractivity contribution in [1.29, 1.82) is 0 Å². The highest BCUT2D eigenvalue weighted by Gasteiger charge is 2.20. The van der Waals surface area contributed by atoms with E-state index in [4.69, 9.17) is 5.73 Å². The minimum Gasteiger partial charge on any atom is -0.383 e. The number of aryl methyl sites for hydroxylation is 1. The van der Waals surface area contributed by atoms with Crippen molar-refractivity contribution in [3.05, 3.63) is 54.0 Å². The monoisotopic (exact) mass is 268 g/mol. The molecule has 2 N–H and O–H groups in total. The van der Waals surface area contributed by atoms with Crippen LogP contribution in [-0.2, 0) is 7.05 Å². The molecule has 0 spiro atoms. The Labute approximate surface area is 114 Å². The highest BCUT2D eigenvalue weighted by atomic mass is 16.1. The van der Waals surface area contributed by atoms with Crippen LogP contribution in [-0.4, -0.2) is 30.6 Å². The molecular weight excluding hydrogens is 256 g/mol. The summed E-state index contributed by atoms with van der Waals surface area (Å²) in [4.78, 5) is 12.5. The number of nitrogen functional groups attached to an aromatic ring is 1. The molecule has 0 atom stereocenters. The number of carbonyl (C=O) groups excluding carboxylic acids is 1. The van der Waals surface area contributed by atoms with Gasteiger partial charge in [-0.25, -0.2) is 4.68 Å². The molecule has 7 heteroatoms. The molecule has 0 aliphatic rings. The first-order chi connectivity index (χ1) is 9.68. The number of anilines is 1. The number of ketones is 1. The summed E-state index contributed by atoms with van der Waals surface area (Å²) in [5.74, 6) is 0.0558.